The standard InChI is InChI=1S/C24H28Cl3N3O/c25-19-4-2-18(3-5-19)23-16-29(24(31)8-1-17-9-11-28-12-10-17)13-14-30(23)22-7-6-20(26)15-21(22)27/h2-7,15,17,23,28H,1,8-14,16H2/t23-/m0/s1. The summed E-state index contributed by atoms with van der Waals surface area (Å²) >= 11 is 18.8. The van der Waals surface area contributed by atoms with Gasteiger partial charge in [0.1, 0.15) is 0 Å². The van der Waals surface area contributed by atoms with Crippen LogP contribution in [0.4, 0.5) is 5.69 Å². The molecule has 0 saturated carbocycles. The van der Waals surface area contributed by atoms with Crippen LogP contribution in [0, 0.1) is 5.92 Å². The maximum Gasteiger partial charge on any atom is 0.222 e. The van der Waals surface area contributed by atoms with E-state index in [-0.39, 0.29) is 11.9 Å². The number of halogens is 3. The van der Waals surface area contributed by atoms with E-state index in [2.05, 4.69) is 10.2 Å². The molecule has 2 aliphatic heterocycles. The third kappa shape index (κ3) is 5.67. The van der Waals surface area contributed by atoms with Crippen LogP contribution < -0.4 is 10.2 Å². The van der Waals surface area contributed by atoms with Gasteiger partial charge in [-0.25, -0.2) is 0 Å². The molecule has 0 radical (unpaired) electrons. The number of carbonyl (C=O) groups is 1. The van der Waals surface area contributed by atoms with Gasteiger partial charge in [-0.3, -0.25) is 4.79 Å². The minimum atomic E-state index is 0.00697. The molecule has 4 nitrogen and oxygen atoms in total. The molecule has 2 aromatic rings. The maximum atomic E-state index is 13.1. The molecule has 1 atom stereocenters. The third-order valence-electron chi connectivity index (χ3n) is 6.43. The zero-order chi connectivity index (χ0) is 21.8. The Balaban J connectivity index is 1.51. The number of benzene rings is 2. The Labute approximate surface area is 199 Å². The van der Waals surface area contributed by atoms with Crippen molar-refractivity contribution in [1.29, 1.82) is 0 Å². The minimum absolute atomic E-state index is 0.00697. The van der Waals surface area contributed by atoms with Gasteiger partial charge in [0.25, 0.3) is 0 Å². The fourth-order valence-electron chi connectivity index (χ4n) is 4.64. The number of nitrogens with one attached hydrogen (secondary N) is 1. The first-order valence-corrected chi connectivity index (χ1v) is 12.1. The molecule has 0 bridgehead atoms. The monoisotopic (exact) mass is 479 g/mol. The Bertz CT molecular complexity index is 899. The number of rotatable bonds is 5. The van der Waals surface area contributed by atoms with E-state index in [0.29, 0.717) is 47.0 Å². The molecular weight excluding hydrogens is 453 g/mol. The molecule has 1 amide bonds. The summed E-state index contributed by atoms with van der Waals surface area (Å²) in [5.74, 6) is 0.908. The fourth-order valence-corrected chi connectivity index (χ4v) is 5.28. The second-order valence-corrected chi connectivity index (χ2v) is 9.71. The van der Waals surface area contributed by atoms with Crippen LogP contribution in [-0.4, -0.2) is 43.5 Å². The van der Waals surface area contributed by atoms with Crippen LogP contribution in [-0.2, 0) is 4.79 Å². The molecule has 2 heterocycles. The van der Waals surface area contributed by atoms with Gasteiger partial charge in [-0.2, -0.15) is 0 Å². The zero-order valence-corrected chi connectivity index (χ0v) is 19.8. The second kappa shape index (κ2) is 10.4. The van der Waals surface area contributed by atoms with Crippen LogP contribution in [0.5, 0.6) is 0 Å². The highest BCUT2D eigenvalue weighted by Crippen LogP contribution is 2.37. The van der Waals surface area contributed by atoms with Crippen LogP contribution >= 0.6 is 34.8 Å². The smallest absolute Gasteiger partial charge is 0.222 e. The molecule has 1 N–H and O–H groups in total. The third-order valence-corrected chi connectivity index (χ3v) is 7.22. The Morgan fingerprint density at radius 3 is 2.39 bits per heavy atom. The lowest BCUT2D eigenvalue weighted by atomic mass is 9.92. The summed E-state index contributed by atoms with van der Waals surface area (Å²) in [4.78, 5) is 17.3. The highest BCUT2D eigenvalue weighted by molar-refractivity contribution is 6.36. The molecule has 31 heavy (non-hydrogen) atoms. The lowest BCUT2D eigenvalue weighted by molar-refractivity contribution is -0.132. The van der Waals surface area contributed by atoms with Gasteiger partial charge in [0.15, 0.2) is 0 Å². The van der Waals surface area contributed by atoms with E-state index in [0.717, 1.165) is 30.8 Å². The molecule has 2 fully saturated rings. The molecule has 0 aromatic heterocycles. The van der Waals surface area contributed by atoms with Crippen molar-refractivity contribution < 1.29 is 4.79 Å². The molecule has 4 rings (SSSR count). The number of anilines is 1. The fraction of sp³-hybridized carbons (Fsp3) is 0.458. The Morgan fingerprint density at radius 1 is 0.968 bits per heavy atom. The molecule has 0 unspecified atom stereocenters. The van der Waals surface area contributed by atoms with Gasteiger partial charge in [0.05, 0.1) is 16.8 Å². The number of piperazine rings is 1. The van der Waals surface area contributed by atoms with E-state index in [1.807, 2.05) is 41.3 Å². The minimum Gasteiger partial charge on any atom is -0.360 e. The average molecular weight is 481 g/mol. The van der Waals surface area contributed by atoms with Gasteiger partial charge in [-0.05, 0) is 74.2 Å². The second-order valence-electron chi connectivity index (χ2n) is 8.43. The number of amides is 1. The lowest BCUT2D eigenvalue weighted by Crippen LogP contribution is -2.50. The van der Waals surface area contributed by atoms with E-state index in [1.54, 1.807) is 6.07 Å². The molecule has 0 aliphatic carbocycles. The topological polar surface area (TPSA) is 35.6 Å². The van der Waals surface area contributed by atoms with Crippen molar-refractivity contribution in [3.8, 4) is 0 Å². The van der Waals surface area contributed by atoms with E-state index < -0.39 is 0 Å². The first-order chi connectivity index (χ1) is 15.0. The summed E-state index contributed by atoms with van der Waals surface area (Å²) in [5.41, 5.74) is 2.05. The van der Waals surface area contributed by atoms with Crippen molar-refractivity contribution >= 4 is 46.4 Å². The quantitative estimate of drug-likeness (QED) is 0.586. The van der Waals surface area contributed by atoms with Crippen molar-refractivity contribution in [2.24, 2.45) is 5.92 Å². The number of nitrogens with zero attached hydrogens (tertiary/aromatic N) is 2. The molecule has 2 aliphatic rings. The maximum absolute atomic E-state index is 13.1. The van der Waals surface area contributed by atoms with Crippen molar-refractivity contribution in [1.82, 2.24) is 10.2 Å². The van der Waals surface area contributed by atoms with Gasteiger partial charge >= 0.3 is 0 Å². The van der Waals surface area contributed by atoms with Gasteiger partial charge in [0.2, 0.25) is 5.91 Å². The average Bonchev–Trinajstić information content (AvgIpc) is 2.78. The Hall–Kier alpha value is -1.46. The van der Waals surface area contributed by atoms with E-state index >= 15 is 0 Å². The van der Waals surface area contributed by atoms with E-state index in [1.165, 1.54) is 12.8 Å². The molecule has 2 saturated heterocycles. The van der Waals surface area contributed by atoms with Gasteiger partial charge in [-0.15, -0.1) is 0 Å². The first kappa shape index (κ1) is 22.7. The van der Waals surface area contributed by atoms with Crippen molar-refractivity contribution in [2.75, 3.05) is 37.6 Å². The van der Waals surface area contributed by atoms with Gasteiger partial charge in [0, 0.05) is 36.1 Å². The lowest BCUT2D eigenvalue weighted by Gasteiger charge is -2.43. The molecule has 7 heteroatoms. The summed E-state index contributed by atoms with van der Waals surface area (Å²) in [7, 11) is 0. The summed E-state index contributed by atoms with van der Waals surface area (Å²) < 4.78 is 0. The highest BCUT2D eigenvalue weighted by Gasteiger charge is 2.32. The number of hydrogen-bond acceptors (Lipinski definition) is 3. The summed E-state index contributed by atoms with van der Waals surface area (Å²) in [6.07, 6.45) is 3.95. The van der Waals surface area contributed by atoms with Crippen molar-refractivity contribution in [2.45, 2.75) is 31.7 Å². The van der Waals surface area contributed by atoms with Gasteiger partial charge < -0.3 is 15.1 Å². The van der Waals surface area contributed by atoms with Crippen LogP contribution in [0.3, 0.4) is 0 Å². The predicted molar refractivity (Wildman–Crippen MR) is 129 cm³/mol. The Kier molecular flexibility index (Phi) is 7.65. The summed E-state index contributed by atoms with van der Waals surface area (Å²) in [5, 5.41) is 5.33. The van der Waals surface area contributed by atoms with Crippen molar-refractivity contribution in [3.05, 3.63) is 63.1 Å². The van der Waals surface area contributed by atoms with Crippen LogP contribution in [0.15, 0.2) is 42.5 Å². The number of carbonyl (C=O) groups excluding carboxylic acids is 1. The number of hydrogen-bond donors (Lipinski definition) is 1. The zero-order valence-electron chi connectivity index (χ0n) is 17.5. The molecule has 166 valence electrons. The van der Waals surface area contributed by atoms with Crippen LogP contribution in [0.2, 0.25) is 15.1 Å². The van der Waals surface area contributed by atoms with E-state index in [9.17, 15) is 4.79 Å². The Morgan fingerprint density at radius 2 is 1.68 bits per heavy atom. The molecule has 0 spiro atoms. The summed E-state index contributed by atoms with van der Waals surface area (Å²) in [6, 6.07) is 13.5. The molecular formula is C24H28Cl3N3O. The predicted octanol–water partition coefficient (Wildman–Crippen LogP) is 5.82. The number of piperidine rings is 1. The van der Waals surface area contributed by atoms with Gasteiger partial charge in [-0.1, -0.05) is 46.9 Å². The van der Waals surface area contributed by atoms with Crippen LogP contribution in [0.25, 0.3) is 0 Å². The first-order valence-electron chi connectivity index (χ1n) is 11.0. The summed E-state index contributed by atoms with van der Waals surface area (Å²) in [6.45, 7) is 4.17. The van der Waals surface area contributed by atoms with Crippen molar-refractivity contribution in [3.63, 3.8) is 0 Å². The normalized spacial score (nSPS) is 20.2. The molecule has 2 aromatic carbocycles. The van der Waals surface area contributed by atoms with E-state index in [4.69, 9.17) is 34.8 Å². The SMILES string of the molecule is O=C(CCC1CCNCC1)N1CCN(c2ccc(Cl)cc2Cl)[C@H](c2ccc(Cl)cc2)C1. The van der Waals surface area contributed by atoms with Crippen LogP contribution in [0.1, 0.15) is 37.3 Å². The largest absolute Gasteiger partial charge is 0.360 e. The highest BCUT2D eigenvalue weighted by atomic mass is 35.5.